The Morgan fingerprint density at radius 2 is 2.29 bits per heavy atom. The average Bonchev–Trinajstić information content (AvgIpc) is 2.50. The van der Waals surface area contributed by atoms with Gasteiger partial charge in [-0.25, -0.2) is 4.39 Å². The molecule has 1 aliphatic heterocycles. The molecule has 1 fully saturated rings. The Balaban J connectivity index is 2.11. The zero-order chi connectivity index (χ0) is 15.2. The molecule has 0 bridgehead atoms. The fraction of sp³-hybridized carbons (Fsp3) is 0.647. The number of rotatable bonds is 6. The fourth-order valence-electron chi connectivity index (χ4n) is 2.95. The van der Waals surface area contributed by atoms with Crippen molar-refractivity contribution in [2.45, 2.75) is 38.6 Å². The van der Waals surface area contributed by atoms with Crippen LogP contribution in [0.5, 0.6) is 0 Å². The van der Waals surface area contributed by atoms with E-state index in [-0.39, 0.29) is 11.9 Å². The van der Waals surface area contributed by atoms with Crippen LogP contribution in [-0.4, -0.2) is 32.8 Å². The van der Waals surface area contributed by atoms with Gasteiger partial charge in [0.05, 0.1) is 6.61 Å². The maximum absolute atomic E-state index is 14.2. The van der Waals surface area contributed by atoms with Gasteiger partial charge < -0.3 is 15.4 Å². The van der Waals surface area contributed by atoms with Crippen molar-refractivity contribution in [3.63, 3.8) is 0 Å². The molecule has 2 rings (SSSR count). The summed E-state index contributed by atoms with van der Waals surface area (Å²) in [4.78, 5) is 2.15. The molecule has 0 spiro atoms. The van der Waals surface area contributed by atoms with Crippen LogP contribution in [-0.2, 0) is 11.2 Å². The second-order valence-corrected chi connectivity index (χ2v) is 6.07. The van der Waals surface area contributed by atoms with Gasteiger partial charge in [0.2, 0.25) is 0 Å². The quantitative estimate of drug-likeness (QED) is 0.876. The second kappa shape index (κ2) is 7.76. The number of anilines is 1. The van der Waals surface area contributed by atoms with Crippen molar-refractivity contribution < 1.29 is 9.13 Å². The summed E-state index contributed by atoms with van der Waals surface area (Å²) in [5.74, 6) is 0.378. The van der Waals surface area contributed by atoms with E-state index in [2.05, 4.69) is 4.90 Å². The molecule has 2 N–H and O–H groups in total. The maximum Gasteiger partial charge on any atom is 0.128 e. The largest absolute Gasteiger partial charge is 0.381 e. The third kappa shape index (κ3) is 4.42. The maximum atomic E-state index is 14.2. The molecule has 0 aromatic heterocycles. The molecule has 21 heavy (non-hydrogen) atoms. The van der Waals surface area contributed by atoms with E-state index in [4.69, 9.17) is 10.5 Å². The molecule has 0 saturated carbocycles. The summed E-state index contributed by atoms with van der Waals surface area (Å²) in [5.41, 5.74) is 7.73. The van der Waals surface area contributed by atoms with Crippen LogP contribution in [0.25, 0.3) is 0 Å². The van der Waals surface area contributed by atoms with Crippen molar-refractivity contribution in [2.24, 2.45) is 11.7 Å². The van der Waals surface area contributed by atoms with Gasteiger partial charge in [0.15, 0.2) is 0 Å². The summed E-state index contributed by atoms with van der Waals surface area (Å²) >= 11 is 0. The summed E-state index contributed by atoms with van der Waals surface area (Å²) in [6.07, 6.45) is 3.75. The number of hydrogen-bond acceptors (Lipinski definition) is 3. The van der Waals surface area contributed by atoms with Crippen LogP contribution in [0.15, 0.2) is 18.2 Å². The minimum atomic E-state index is -0.150. The zero-order valence-electron chi connectivity index (χ0n) is 13.1. The third-order valence-corrected chi connectivity index (χ3v) is 4.28. The van der Waals surface area contributed by atoms with Gasteiger partial charge in [-0.3, -0.25) is 0 Å². The van der Waals surface area contributed by atoms with E-state index in [0.29, 0.717) is 12.3 Å². The molecule has 1 saturated heterocycles. The summed E-state index contributed by atoms with van der Waals surface area (Å²) in [7, 11) is 2.03. The highest BCUT2D eigenvalue weighted by Crippen LogP contribution is 2.26. The van der Waals surface area contributed by atoms with Crippen molar-refractivity contribution in [3.8, 4) is 0 Å². The Labute approximate surface area is 127 Å². The molecular weight excluding hydrogens is 267 g/mol. The number of nitrogens with two attached hydrogens (primary N) is 1. The van der Waals surface area contributed by atoms with Gasteiger partial charge in [0, 0.05) is 37.5 Å². The lowest BCUT2D eigenvalue weighted by Crippen LogP contribution is -2.32. The smallest absolute Gasteiger partial charge is 0.128 e. The first-order valence-corrected chi connectivity index (χ1v) is 7.93. The van der Waals surface area contributed by atoms with Crippen LogP contribution < -0.4 is 10.6 Å². The predicted molar refractivity (Wildman–Crippen MR) is 85.2 cm³/mol. The van der Waals surface area contributed by atoms with Gasteiger partial charge in [-0.05, 0) is 43.7 Å². The number of hydrogen-bond donors (Lipinski definition) is 1. The van der Waals surface area contributed by atoms with Gasteiger partial charge in [0.25, 0.3) is 0 Å². The summed E-state index contributed by atoms with van der Waals surface area (Å²) in [5, 5.41) is 0. The van der Waals surface area contributed by atoms with Crippen molar-refractivity contribution in [1.82, 2.24) is 0 Å². The van der Waals surface area contributed by atoms with Gasteiger partial charge in [-0.2, -0.15) is 0 Å². The van der Waals surface area contributed by atoms with Gasteiger partial charge in [0.1, 0.15) is 5.82 Å². The molecule has 0 amide bonds. The van der Waals surface area contributed by atoms with Crippen LogP contribution in [0.1, 0.15) is 31.7 Å². The molecule has 118 valence electrons. The zero-order valence-corrected chi connectivity index (χ0v) is 13.1. The van der Waals surface area contributed by atoms with Gasteiger partial charge >= 0.3 is 0 Å². The minimum Gasteiger partial charge on any atom is -0.381 e. The van der Waals surface area contributed by atoms with Crippen molar-refractivity contribution >= 4 is 5.69 Å². The number of halogens is 1. The van der Waals surface area contributed by atoms with E-state index in [1.54, 1.807) is 6.07 Å². The third-order valence-electron chi connectivity index (χ3n) is 4.28. The molecule has 2 unspecified atom stereocenters. The Kier molecular flexibility index (Phi) is 6.00. The van der Waals surface area contributed by atoms with Crippen LogP contribution in [0.3, 0.4) is 0 Å². The molecule has 3 nitrogen and oxygen atoms in total. The van der Waals surface area contributed by atoms with Gasteiger partial charge in [-0.15, -0.1) is 0 Å². The highest BCUT2D eigenvalue weighted by molar-refractivity contribution is 5.54. The molecular formula is C17H27FN2O. The number of ether oxygens (including phenoxy) is 1. The summed E-state index contributed by atoms with van der Waals surface area (Å²) < 4.78 is 19.7. The second-order valence-electron chi connectivity index (χ2n) is 6.07. The Morgan fingerprint density at radius 1 is 1.48 bits per heavy atom. The fourth-order valence-corrected chi connectivity index (χ4v) is 2.95. The highest BCUT2D eigenvalue weighted by Gasteiger charge is 2.19. The molecule has 0 aliphatic carbocycles. The first-order valence-electron chi connectivity index (χ1n) is 7.93. The van der Waals surface area contributed by atoms with E-state index in [0.717, 1.165) is 43.9 Å². The van der Waals surface area contributed by atoms with Crippen LogP contribution in [0, 0.1) is 11.7 Å². The first-order chi connectivity index (χ1) is 10.1. The van der Waals surface area contributed by atoms with E-state index < -0.39 is 0 Å². The lowest BCUT2D eigenvalue weighted by Gasteiger charge is -2.30. The first kappa shape index (κ1) is 16.2. The lowest BCUT2D eigenvalue weighted by atomic mass is 9.99. The molecule has 0 radical (unpaired) electrons. The number of nitrogens with zero attached hydrogens (tertiary/aromatic N) is 1. The molecule has 2 atom stereocenters. The lowest BCUT2D eigenvalue weighted by molar-refractivity contribution is 0.0576. The molecule has 4 heteroatoms. The van der Waals surface area contributed by atoms with E-state index in [1.807, 2.05) is 20.0 Å². The van der Waals surface area contributed by atoms with E-state index >= 15 is 0 Å². The SMILES string of the molecule is CCC(N)Cc1c(F)cccc1N(C)CC1CCCOC1. The molecule has 1 aliphatic rings. The normalized spacial score (nSPS) is 20.3. The van der Waals surface area contributed by atoms with E-state index in [1.165, 1.54) is 12.5 Å². The summed E-state index contributed by atoms with van der Waals surface area (Å²) in [6.45, 7) is 4.62. The molecule has 1 aromatic rings. The van der Waals surface area contributed by atoms with Crippen molar-refractivity contribution in [1.29, 1.82) is 0 Å². The van der Waals surface area contributed by atoms with Crippen molar-refractivity contribution in [3.05, 3.63) is 29.6 Å². The Bertz CT molecular complexity index is 446. The number of benzene rings is 1. The van der Waals surface area contributed by atoms with Crippen molar-refractivity contribution in [2.75, 3.05) is 31.7 Å². The van der Waals surface area contributed by atoms with Crippen LogP contribution >= 0.6 is 0 Å². The minimum absolute atomic E-state index is 0.00654. The Hall–Kier alpha value is -1.13. The predicted octanol–water partition coefficient (Wildman–Crippen LogP) is 2.97. The van der Waals surface area contributed by atoms with Crippen LogP contribution in [0.2, 0.25) is 0 Å². The molecule has 1 heterocycles. The monoisotopic (exact) mass is 294 g/mol. The standard InChI is InChI=1S/C17H27FN2O/c1-3-14(19)10-15-16(18)7-4-8-17(15)20(2)11-13-6-5-9-21-12-13/h4,7-8,13-14H,3,5-6,9-12,19H2,1-2H3. The van der Waals surface area contributed by atoms with E-state index in [9.17, 15) is 4.39 Å². The highest BCUT2D eigenvalue weighted by atomic mass is 19.1. The summed E-state index contributed by atoms with van der Waals surface area (Å²) in [6, 6.07) is 5.30. The Morgan fingerprint density at radius 3 is 2.95 bits per heavy atom. The van der Waals surface area contributed by atoms with Crippen LogP contribution in [0.4, 0.5) is 10.1 Å². The topological polar surface area (TPSA) is 38.5 Å². The molecule has 1 aromatic carbocycles. The van der Waals surface area contributed by atoms with Gasteiger partial charge in [-0.1, -0.05) is 13.0 Å². The average molecular weight is 294 g/mol.